The Morgan fingerprint density at radius 3 is 1.75 bits per heavy atom. The van der Waals surface area contributed by atoms with E-state index in [1.165, 1.54) is 50.3 Å². The molecule has 0 fully saturated rings. The molecular weight excluding hydrogens is 366 g/mol. The summed E-state index contributed by atoms with van der Waals surface area (Å²) in [6, 6.07) is 21.4. The maximum atomic E-state index is 2.36. The van der Waals surface area contributed by atoms with Gasteiger partial charge in [-0.05, 0) is 0 Å². The first kappa shape index (κ1) is 17.4. The first-order valence-corrected chi connectivity index (χ1v) is 7.33. The van der Waals surface area contributed by atoms with Crippen molar-refractivity contribution in [3.63, 3.8) is 0 Å². The van der Waals surface area contributed by atoms with Gasteiger partial charge in [-0.3, -0.25) is 0 Å². The summed E-state index contributed by atoms with van der Waals surface area (Å²) in [5, 5.41) is 0. The van der Waals surface area contributed by atoms with E-state index in [1.54, 1.807) is 0 Å². The zero-order valence-corrected chi connectivity index (χ0v) is 15.0. The van der Waals surface area contributed by atoms with Gasteiger partial charge in [0.15, 0.2) is 0 Å². The van der Waals surface area contributed by atoms with E-state index in [0.29, 0.717) is 0 Å². The Kier molecular flexibility index (Phi) is 6.96. The third kappa shape index (κ3) is 3.73. The molecule has 0 nitrogen and oxygen atoms in total. The zero-order valence-electron chi connectivity index (χ0n) is 10.9. The molecule has 0 amide bonds. The van der Waals surface area contributed by atoms with Crippen LogP contribution in [-0.2, 0) is 24.7 Å². The molecule has 0 spiro atoms. The van der Waals surface area contributed by atoms with E-state index in [4.69, 9.17) is 0 Å². The van der Waals surface area contributed by atoms with Crippen molar-refractivity contribution in [1.29, 1.82) is 0 Å². The molecule has 3 rings (SSSR count). The molecule has 0 radical (unpaired) electrons. The molecule has 20 heavy (non-hydrogen) atoms. The minimum atomic E-state index is 0. The number of halogens is 2. The third-order valence-electron chi connectivity index (χ3n) is 3.22. The van der Waals surface area contributed by atoms with Crippen molar-refractivity contribution in [2.75, 3.05) is 0 Å². The van der Waals surface area contributed by atoms with Gasteiger partial charge in [0.25, 0.3) is 0 Å². The van der Waals surface area contributed by atoms with Gasteiger partial charge in [0.05, 0.1) is 0 Å². The molecule has 0 heterocycles. The molecule has 0 aromatic heterocycles. The quantitative estimate of drug-likeness (QED) is 0.664. The van der Waals surface area contributed by atoms with Crippen LogP contribution in [0.1, 0.15) is 17.5 Å². The second kappa shape index (κ2) is 7.98. The Hall–Kier alpha value is -0.617. The number of hydrogen-bond donors (Lipinski definition) is 0. The predicted molar refractivity (Wildman–Crippen MR) is 86.9 cm³/mol. The van der Waals surface area contributed by atoms with Gasteiger partial charge in [-0.25, -0.2) is 0 Å². The molecule has 101 valence electrons. The van der Waals surface area contributed by atoms with Crippen LogP contribution in [0, 0.1) is 0 Å². The number of allylic oxidation sites excluding steroid dienone is 4. The first-order chi connectivity index (χ1) is 8.84. The van der Waals surface area contributed by atoms with Gasteiger partial charge < -0.3 is 0 Å². The van der Waals surface area contributed by atoms with Crippen LogP contribution in [0.3, 0.4) is 0 Å². The third-order valence-corrected chi connectivity index (χ3v) is 4.01. The molecule has 1 aliphatic rings. The SMILES string of the molecule is Cl.Cl.[Zr][C]1=CC(c2ccccc2)=C(c2ccccc2)C1. The van der Waals surface area contributed by atoms with Crippen LogP contribution < -0.4 is 0 Å². The van der Waals surface area contributed by atoms with E-state index in [2.05, 4.69) is 66.7 Å². The summed E-state index contributed by atoms with van der Waals surface area (Å²) >= 11 is 1.52. The summed E-state index contributed by atoms with van der Waals surface area (Å²) in [4.78, 5) is 0. The Bertz CT molecular complexity index is 616. The number of rotatable bonds is 2. The van der Waals surface area contributed by atoms with Crippen LogP contribution in [0.25, 0.3) is 11.1 Å². The van der Waals surface area contributed by atoms with Gasteiger partial charge in [0.2, 0.25) is 0 Å². The standard InChI is InChI=1S/C17H13.2ClH.Zr/c1-3-8-14(9-4-1)16-12-7-13-17(16)15-10-5-2-6-11-15;;;/h1-6,8-12H,13H2;2*1H;. The normalized spacial score (nSPS) is 13.2. The van der Waals surface area contributed by atoms with Crippen molar-refractivity contribution in [3.8, 4) is 0 Å². The minimum absolute atomic E-state index is 0. The molecule has 0 saturated heterocycles. The van der Waals surface area contributed by atoms with Gasteiger partial charge in [-0.2, -0.15) is 0 Å². The van der Waals surface area contributed by atoms with E-state index in [-0.39, 0.29) is 24.8 Å². The Morgan fingerprint density at radius 2 is 1.20 bits per heavy atom. The van der Waals surface area contributed by atoms with E-state index in [9.17, 15) is 0 Å². The maximum absolute atomic E-state index is 2.36. The fourth-order valence-corrected chi connectivity index (χ4v) is 3.16. The zero-order chi connectivity index (χ0) is 12.4. The molecule has 1 aliphatic carbocycles. The van der Waals surface area contributed by atoms with Crippen LogP contribution in [0.15, 0.2) is 70.0 Å². The molecule has 0 unspecified atom stereocenters. The van der Waals surface area contributed by atoms with Crippen LogP contribution in [0.2, 0.25) is 0 Å². The monoisotopic (exact) mass is 379 g/mol. The van der Waals surface area contributed by atoms with Crippen LogP contribution in [0.5, 0.6) is 0 Å². The summed E-state index contributed by atoms with van der Waals surface area (Å²) in [5.41, 5.74) is 5.54. The number of hydrogen-bond acceptors (Lipinski definition) is 0. The first-order valence-electron chi connectivity index (χ1n) is 6.11. The molecule has 0 aliphatic heterocycles. The van der Waals surface area contributed by atoms with Crippen LogP contribution in [-0.4, -0.2) is 0 Å². The molecule has 2 aromatic carbocycles. The van der Waals surface area contributed by atoms with Gasteiger partial charge in [-0.15, -0.1) is 24.8 Å². The van der Waals surface area contributed by atoms with Gasteiger partial charge >= 0.3 is 123 Å². The summed E-state index contributed by atoms with van der Waals surface area (Å²) in [6.07, 6.45) is 3.46. The van der Waals surface area contributed by atoms with Gasteiger partial charge in [-0.1, -0.05) is 0 Å². The Balaban J connectivity index is 0.000001000. The molecular formula is C17H15Cl2Zr. The topological polar surface area (TPSA) is 0 Å². The fraction of sp³-hybridized carbons (Fsp3) is 0.0588. The second-order valence-electron chi connectivity index (χ2n) is 4.47. The van der Waals surface area contributed by atoms with Crippen molar-refractivity contribution in [2.45, 2.75) is 6.42 Å². The molecule has 3 heteroatoms. The van der Waals surface area contributed by atoms with Crippen molar-refractivity contribution < 1.29 is 24.7 Å². The van der Waals surface area contributed by atoms with Crippen molar-refractivity contribution in [3.05, 3.63) is 81.1 Å². The molecule has 0 bridgehead atoms. The predicted octanol–water partition coefficient (Wildman–Crippen LogP) is 5.28. The van der Waals surface area contributed by atoms with Crippen molar-refractivity contribution in [1.82, 2.24) is 0 Å². The molecule has 0 atom stereocenters. The van der Waals surface area contributed by atoms with Crippen LogP contribution >= 0.6 is 24.8 Å². The average Bonchev–Trinajstić information content (AvgIpc) is 2.83. The number of benzene rings is 2. The van der Waals surface area contributed by atoms with Crippen LogP contribution in [0.4, 0.5) is 0 Å². The Labute approximate surface area is 147 Å². The summed E-state index contributed by atoms with van der Waals surface area (Å²) in [6.45, 7) is 0. The molecule has 2 aromatic rings. The van der Waals surface area contributed by atoms with Gasteiger partial charge in [0, 0.05) is 0 Å². The van der Waals surface area contributed by atoms with E-state index < -0.39 is 0 Å². The van der Waals surface area contributed by atoms with Gasteiger partial charge in [0.1, 0.15) is 0 Å². The molecule has 0 saturated carbocycles. The van der Waals surface area contributed by atoms with E-state index >= 15 is 0 Å². The fourth-order valence-electron chi connectivity index (χ4n) is 2.37. The Morgan fingerprint density at radius 1 is 0.700 bits per heavy atom. The summed E-state index contributed by atoms with van der Waals surface area (Å²) < 4.78 is 1.53. The molecule has 0 N–H and O–H groups in total. The summed E-state index contributed by atoms with van der Waals surface area (Å²) in [7, 11) is 0. The summed E-state index contributed by atoms with van der Waals surface area (Å²) in [5.74, 6) is 0. The van der Waals surface area contributed by atoms with Crippen molar-refractivity contribution >= 4 is 36.0 Å². The van der Waals surface area contributed by atoms with E-state index in [0.717, 1.165) is 6.42 Å². The van der Waals surface area contributed by atoms with Crippen molar-refractivity contribution in [2.24, 2.45) is 0 Å². The second-order valence-corrected chi connectivity index (χ2v) is 6.05. The average molecular weight is 381 g/mol. The van der Waals surface area contributed by atoms with E-state index in [1.807, 2.05) is 0 Å².